The van der Waals surface area contributed by atoms with Crippen LogP contribution >= 0.6 is 0 Å². The first-order chi connectivity index (χ1) is 8.70. The van der Waals surface area contributed by atoms with Crippen LogP contribution in [0.3, 0.4) is 0 Å². The average Bonchev–Trinajstić information content (AvgIpc) is 2.42. The van der Waals surface area contributed by atoms with Crippen LogP contribution in [0.4, 0.5) is 5.82 Å². The van der Waals surface area contributed by atoms with Crippen LogP contribution in [0.1, 0.15) is 32.6 Å². The second-order valence-corrected chi connectivity index (χ2v) is 5.20. The smallest absolute Gasteiger partial charge is 0.214 e. The first-order valence-corrected chi connectivity index (χ1v) is 6.69. The van der Waals surface area contributed by atoms with Crippen LogP contribution in [-0.2, 0) is 0 Å². The normalized spacial score (nSPS) is 27.8. The van der Waals surface area contributed by atoms with Gasteiger partial charge in [-0.3, -0.25) is 0 Å². The fraction of sp³-hybridized carbons (Fsp3) is 0.643. The average molecular weight is 249 g/mol. The summed E-state index contributed by atoms with van der Waals surface area (Å²) in [5.74, 6) is 2.06. The summed E-state index contributed by atoms with van der Waals surface area (Å²) in [5.41, 5.74) is 6.01. The molecule has 2 rings (SSSR count). The maximum atomic E-state index is 6.03. The zero-order valence-electron chi connectivity index (χ0n) is 11.3. The molecule has 0 bridgehead atoms. The van der Waals surface area contributed by atoms with E-state index >= 15 is 0 Å². The molecule has 0 radical (unpaired) electrons. The highest BCUT2D eigenvalue weighted by molar-refractivity contribution is 5.40. The number of nitrogens with two attached hydrogens (primary N) is 1. The Labute approximate surface area is 109 Å². The van der Waals surface area contributed by atoms with Crippen molar-refractivity contribution < 1.29 is 4.74 Å². The number of nitrogens with one attached hydrogen (secondary N) is 1. The fourth-order valence-electron chi connectivity index (χ4n) is 2.81. The van der Waals surface area contributed by atoms with Gasteiger partial charge < -0.3 is 15.8 Å². The minimum Gasteiger partial charge on any atom is -0.481 e. The minimum atomic E-state index is -0.0163. The molecule has 1 aromatic heterocycles. The number of rotatable bonds is 4. The van der Waals surface area contributed by atoms with Crippen LogP contribution in [0.2, 0.25) is 0 Å². The Bertz CT molecular complexity index is 396. The quantitative estimate of drug-likeness (QED) is 0.860. The first-order valence-electron chi connectivity index (χ1n) is 6.69. The van der Waals surface area contributed by atoms with Gasteiger partial charge in [-0.05, 0) is 24.8 Å². The molecule has 0 spiro atoms. The Morgan fingerprint density at radius 1 is 1.50 bits per heavy atom. The Morgan fingerprint density at radius 3 is 3.00 bits per heavy atom. The summed E-state index contributed by atoms with van der Waals surface area (Å²) in [6.07, 6.45) is 4.88. The maximum Gasteiger partial charge on any atom is 0.214 e. The second-order valence-electron chi connectivity index (χ2n) is 5.20. The van der Waals surface area contributed by atoms with Gasteiger partial charge in [-0.1, -0.05) is 25.8 Å². The van der Waals surface area contributed by atoms with Crippen molar-refractivity contribution in [2.45, 2.75) is 38.1 Å². The topological polar surface area (TPSA) is 60.2 Å². The predicted octanol–water partition coefficient (Wildman–Crippen LogP) is 2.41. The first kappa shape index (κ1) is 13.1. The van der Waals surface area contributed by atoms with Gasteiger partial charge in [0.25, 0.3) is 0 Å². The number of aromatic nitrogens is 1. The van der Waals surface area contributed by atoms with Gasteiger partial charge in [-0.15, -0.1) is 0 Å². The summed E-state index contributed by atoms with van der Waals surface area (Å²) in [5, 5.41) is 3.55. The van der Waals surface area contributed by atoms with E-state index < -0.39 is 0 Å². The molecule has 1 aromatic rings. The van der Waals surface area contributed by atoms with Crippen molar-refractivity contribution in [3.8, 4) is 5.88 Å². The lowest BCUT2D eigenvalue weighted by Gasteiger charge is -2.43. The zero-order chi connectivity index (χ0) is 13.0. The van der Waals surface area contributed by atoms with E-state index in [0.29, 0.717) is 18.3 Å². The molecule has 0 saturated heterocycles. The van der Waals surface area contributed by atoms with Crippen LogP contribution in [0.5, 0.6) is 5.88 Å². The molecule has 3 N–H and O–H groups in total. The molecule has 1 saturated carbocycles. The molecule has 0 aliphatic heterocycles. The monoisotopic (exact) mass is 249 g/mol. The molecule has 2 unspecified atom stereocenters. The van der Waals surface area contributed by atoms with Gasteiger partial charge in [-0.2, -0.15) is 4.98 Å². The summed E-state index contributed by atoms with van der Waals surface area (Å²) in [7, 11) is 1.63. The molecular weight excluding hydrogens is 226 g/mol. The second kappa shape index (κ2) is 5.57. The molecule has 0 amide bonds. The van der Waals surface area contributed by atoms with Gasteiger partial charge in [0.2, 0.25) is 5.88 Å². The van der Waals surface area contributed by atoms with Crippen molar-refractivity contribution in [3.63, 3.8) is 0 Å². The van der Waals surface area contributed by atoms with E-state index in [0.717, 1.165) is 12.2 Å². The number of hydrogen-bond donors (Lipinski definition) is 2. The number of anilines is 1. The Hall–Kier alpha value is -1.29. The van der Waals surface area contributed by atoms with Gasteiger partial charge >= 0.3 is 0 Å². The summed E-state index contributed by atoms with van der Waals surface area (Å²) in [6.45, 7) is 2.92. The van der Waals surface area contributed by atoms with Crippen LogP contribution in [-0.4, -0.2) is 24.2 Å². The van der Waals surface area contributed by atoms with E-state index in [-0.39, 0.29) is 5.54 Å². The minimum absolute atomic E-state index is 0.0163. The molecular formula is C14H23N3O. The van der Waals surface area contributed by atoms with Gasteiger partial charge in [0.15, 0.2) is 0 Å². The number of pyridine rings is 1. The van der Waals surface area contributed by atoms with E-state index in [1.54, 1.807) is 7.11 Å². The highest BCUT2D eigenvalue weighted by Gasteiger charge is 2.37. The van der Waals surface area contributed by atoms with E-state index in [2.05, 4.69) is 17.2 Å². The molecule has 1 heterocycles. The zero-order valence-corrected chi connectivity index (χ0v) is 11.3. The molecule has 1 aliphatic carbocycles. The van der Waals surface area contributed by atoms with Gasteiger partial charge in [0, 0.05) is 12.6 Å². The molecule has 2 atom stereocenters. The molecule has 1 fully saturated rings. The number of hydrogen-bond acceptors (Lipinski definition) is 4. The van der Waals surface area contributed by atoms with Gasteiger partial charge in [-0.25, -0.2) is 0 Å². The highest BCUT2D eigenvalue weighted by atomic mass is 16.5. The lowest BCUT2D eigenvalue weighted by molar-refractivity contribution is 0.235. The van der Waals surface area contributed by atoms with Gasteiger partial charge in [0.05, 0.1) is 12.6 Å². The summed E-state index contributed by atoms with van der Waals surface area (Å²) in [6, 6.07) is 5.78. The number of methoxy groups -OCH3 is 1. The van der Waals surface area contributed by atoms with Crippen LogP contribution < -0.4 is 15.8 Å². The van der Waals surface area contributed by atoms with Crippen molar-refractivity contribution in [1.82, 2.24) is 4.98 Å². The summed E-state index contributed by atoms with van der Waals surface area (Å²) < 4.78 is 5.16. The fourth-order valence-corrected chi connectivity index (χ4v) is 2.81. The Kier molecular flexibility index (Phi) is 4.07. The number of ether oxygens (including phenoxy) is 1. The summed E-state index contributed by atoms with van der Waals surface area (Å²) >= 11 is 0. The highest BCUT2D eigenvalue weighted by Crippen LogP contribution is 2.35. The SMILES string of the molecule is COc1cccc(NC2(CN)CCCCC2C)n1. The molecule has 100 valence electrons. The third-order valence-electron chi connectivity index (χ3n) is 4.13. The van der Waals surface area contributed by atoms with E-state index in [9.17, 15) is 0 Å². The van der Waals surface area contributed by atoms with E-state index in [1.165, 1.54) is 19.3 Å². The lowest BCUT2D eigenvalue weighted by Crippen LogP contribution is -2.52. The van der Waals surface area contributed by atoms with Crippen LogP contribution in [0, 0.1) is 5.92 Å². The van der Waals surface area contributed by atoms with Crippen molar-refractivity contribution in [1.29, 1.82) is 0 Å². The largest absolute Gasteiger partial charge is 0.481 e. The standard InChI is InChI=1S/C14H23N3O/c1-11-6-3-4-9-14(11,10-15)17-12-7-5-8-13(16-12)18-2/h5,7-8,11H,3-4,6,9-10,15H2,1-2H3,(H,16,17). The van der Waals surface area contributed by atoms with E-state index in [4.69, 9.17) is 10.5 Å². The Balaban J connectivity index is 2.18. The third kappa shape index (κ3) is 2.58. The predicted molar refractivity (Wildman–Crippen MR) is 73.8 cm³/mol. The van der Waals surface area contributed by atoms with Crippen molar-refractivity contribution in [2.75, 3.05) is 19.0 Å². The summed E-state index contributed by atoms with van der Waals surface area (Å²) in [4.78, 5) is 4.42. The number of nitrogens with zero attached hydrogens (tertiary/aromatic N) is 1. The Morgan fingerprint density at radius 2 is 2.33 bits per heavy atom. The molecule has 4 nitrogen and oxygen atoms in total. The van der Waals surface area contributed by atoms with Crippen molar-refractivity contribution >= 4 is 5.82 Å². The van der Waals surface area contributed by atoms with Crippen molar-refractivity contribution in [3.05, 3.63) is 18.2 Å². The van der Waals surface area contributed by atoms with Crippen molar-refractivity contribution in [2.24, 2.45) is 11.7 Å². The molecule has 18 heavy (non-hydrogen) atoms. The molecule has 4 heteroatoms. The molecule has 0 aromatic carbocycles. The maximum absolute atomic E-state index is 6.03. The third-order valence-corrected chi connectivity index (χ3v) is 4.13. The van der Waals surface area contributed by atoms with Gasteiger partial charge in [0.1, 0.15) is 5.82 Å². The lowest BCUT2D eigenvalue weighted by atomic mass is 9.73. The van der Waals surface area contributed by atoms with E-state index in [1.807, 2.05) is 18.2 Å². The van der Waals surface area contributed by atoms with Crippen LogP contribution in [0.15, 0.2) is 18.2 Å². The molecule has 1 aliphatic rings. The van der Waals surface area contributed by atoms with Crippen LogP contribution in [0.25, 0.3) is 0 Å².